The van der Waals surface area contributed by atoms with Gasteiger partial charge in [0.2, 0.25) is 0 Å². The third-order valence-corrected chi connectivity index (χ3v) is 6.87. The fourth-order valence-corrected chi connectivity index (χ4v) is 5.06. The highest BCUT2D eigenvalue weighted by Crippen LogP contribution is 2.29. The molecule has 8 heteroatoms. The number of aromatic nitrogens is 1. The molecule has 2 heterocycles. The number of piperidine rings is 1. The fourth-order valence-electron chi connectivity index (χ4n) is 5.06. The van der Waals surface area contributed by atoms with Crippen molar-refractivity contribution < 1.29 is 23.8 Å². The summed E-state index contributed by atoms with van der Waals surface area (Å²) in [5, 5.41) is 13.5. The smallest absolute Gasteiger partial charge is 0.410 e. The number of halogens is 1. The minimum Gasteiger partial charge on any atom is -0.444 e. The van der Waals surface area contributed by atoms with Gasteiger partial charge < -0.3 is 24.6 Å². The van der Waals surface area contributed by atoms with E-state index in [1.807, 2.05) is 31.4 Å². The molecule has 2 amide bonds. The van der Waals surface area contributed by atoms with Crippen LogP contribution in [0.5, 0.6) is 0 Å². The molecule has 2 N–H and O–H groups in total. The predicted molar refractivity (Wildman–Crippen MR) is 128 cm³/mol. The molecule has 34 heavy (non-hydrogen) atoms. The lowest BCUT2D eigenvalue weighted by Crippen LogP contribution is -2.45. The minimum absolute atomic E-state index is 0.289. The molecule has 0 unspecified atom stereocenters. The van der Waals surface area contributed by atoms with Crippen molar-refractivity contribution in [2.75, 3.05) is 13.1 Å². The second-order valence-electron chi connectivity index (χ2n) is 10.7. The van der Waals surface area contributed by atoms with Gasteiger partial charge in [0.05, 0.1) is 23.2 Å². The summed E-state index contributed by atoms with van der Waals surface area (Å²) in [6, 6.07) is 4.56. The predicted octanol–water partition coefficient (Wildman–Crippen LogP) is 4.46. The number of aliphatic hydroxyl groups excluding tert-OH is 1. The molecule has 2 aliphatic rings. The van der Waals surface area contributed by atoms with Crippen LogP contribution in [0.25, 0.3) is 10.9 Å². The van der Waals surface area contributed by atoms with Gasteiger partial charge >= 0.3 is 6.09 Å². The lowest BCUT2D eigenvalue weighted by molar-refractivity contribution is 0.0178. The number of likely N-dealkylation sites (tertiary alicyclic amines) is 1. The Morgan fingerprint density at radius 2 is 1.85 bits per heavy atom. The monoisotopic (exact) mass is 473 g/mol. The first kappa shape index (κ1) is 24.5. The van der Waals surface area contributed by atoms with Crippen molar-refractivity contribution in [1.29, 1.82) is 0 Å². The van der Waals surface area contributed by atoms with Gasteiger partial charge in [0.15, 0.2) is 0 Å². The number of fused-ring (bicyclic) bond motifs is 1. The van der Waals surface area contributed by atoms with E-state index < -0.39 is 17.5 Å². The molecule has 186 valence electrons. The lowest BCUT2D eigenvalue weighted by atomic mass is 9.92. The lowest BCUT2D eigenvalue weighted by Gasteiger charge is -2.33. The maximum atomic E-state index is 14.8. The van der Waals surface area contributed by atoms with Crippen LogP contribution in [-0.2, 0) is 11.3 Å². The number of rotatable bonds is 4. The van der Waals surface area contributed by atoms with Crippen LogP contribution in [0.15, 0.2) is 24.4 Å². The Morgan fingerprint density at radius 1 is 1.15 bits per heavy atom. The zero-order valence-electron chi connectivity index (χ0n) is 20.3. The zero-order chi connectivity index (χ0) is 24.5. The Hall–Kier alpha value is -2.61. The third-order valence-electron chi connectivity index (χ3n) is 6.87. The van der Waals surface area contributed by atoms with Crippen molar-refractivity contribution in [3.05, 3.63) is 35.8 Å². The number of carbonyl (C=O) groups is 2. The summed E-state index contributed by atoms with van der Waals surface area (Å²) < 4.78 is 22.3. The molecule has 4 rings (SSSR count). The van der Waals surface area contributed by atoms with Gasteiger partial charge in [-0.2, -0.15) is 0 Å². The van der Waals surface area contributed by atoms with Crippen molar-refractivity contribution in [1.82, 2.24) is 14.8 Å². The highest BCUT2D eigenvalue weighted by atomic mass is 19.1. The van der Waals surface area contributed by atoms with E-state index in [1.54, 1.807) is 17.2 Å². The highest BCUT2D eigenvalue weighted by molar-refractivity contribution is 6.07. The van der Waals surface area contributed by atoms with Gasteiger partial charge in [0.1, 0.15) is 11.4 Å². The van der Waals surface area contributed by atoms with Crippen molar-refractivity contribution in [3.8, 4) is 0 Å². The molecule has 0 radical (unpaired) electrons. The molecule has 2 aromatic rings. The van der Waals surface area contributed by atoms with Crippen molar-refractivity contribution in [2.45, 2.75) is 83.6 Å². The quantitative estimate of drug-likeness (QED) is 0.687. The first-order chi connectivity index (χ1) is 16.1. The summed E-state index contributed by atoms with van der Waals surface area (Å²) in [7, 11) is 0. The summed E-state index contributed by atoms with van der Waals surface area (Å²) in [6.45, 7) is 7.44. The van der Waals surface area contributed by atoms with Crippen LogP contribution in [0.1, 0.15) is 69.7 Å². The first-order valence-electron chi connectivity index (χ1n) is 12.4. The Morgan fingerprint density at radius 3 is 2.53 bits per heavy atom. The third kappa shape index (κ3) is 5.54. The molecule has 1 aliphatic heterocycles. The van der Waals surface area contributed by atoms with Gasteiger partial charge in [-0.3, -0.25) is 4.79 Å². The topological polar surface area (TPSA) is 83.8 Å². The van der Waals surface area contributed by atoms with Crippen LogP contribution in [0.2, 0.25) is 0 Å². The van der Waals surface area contributed by atoms with Gasteiger partial charge in [0.25, 0.3) is 5.91 Å². The number of carbonyl (C=O) groups excluding carboxylic acids is 2. The summed E-state index contributed by atoms with van der Waals surface area (Å²) in [4.78, 5) is 27.2. The zero-order valence-corrected chi connectivity index (χ0v) is 20.3. The van der Waals surface area contributed by atoms with E-state index in [0.717, 1.165) is 32.1 Å². The van der Waals surface area contributed by atoms with Crippen LogP contribution in [0, 0.1) is 11.7 Å². The van der Waals surface area contributed by atoms with Gasteiger partial charge in [-0.1, -0.05) is 18.9 Å². The molecule has 2 fully saturated rings. The van der Waals surface area contributed by atoms with Gasteiger partial charge in [0, 0.05) is 31.2 Å². The molecule has 1 aromatic heterocycles. The molecule has 0 spiro atoms. The van der Waals surface area contributed by atoms with E-state index in [-0.39, 0.29) is 18.0 Å². The van der Waals surface area contributed by atoms with E-state index in [2.05, 4.69) is 5.32 Å². The SMILES string of the molecule is CC(C)(C)OC(=O)N1CCC(Cn2cc(C(=O)N[C@H]3CCCC[C@@H]3O)c3c(F)cccc32)CC1. The number of aliphatic hydroxyl groups is 1. The average Bonchev–Trinajstić information content (AvgIpc) is 3.14. The summed E-state index contributed by atoms with van der Waals surface area (Å²) in [6.07, 6.45) is 5.81. The summed E-state index contributed by atoms with van der Waals surface area (Å²) in [5.41, 5.74) is 0.466. The van der Waals surface area contributed by atoms with Crippen LogP contribution >= 0.6 is 0 Å². The Labute approximate surface area is 200 Å². The van der Waals surface area contributed by atoms with Crippen molar-refractivity contribution in [2.24, 2.45) is 5.92 Å². The van der Waals surface area contributed by atoms with E-state index >= 15 is 0 Å². The van der Waals surface area contributed by atoms with Crippen LogP contribution < -0.4 is 5.32 Å². The summed E-state index contributed by atoms with van der Waals surface area (Å²) >= 11 is 0. The number of benzene rings is 1. The number of nitrogens with zero attached hydrogens (tertiary/aromatic N) is 2. The normalized spacial score (nSPS) is 22.1. The first-order valence-corrected chi connectivity index (χ1v) is 12.4. The maximum Gasteiger partial charge on any atom is 0.410 e. The second-order valence-corrected chi connectivity index (χ2v) is 10.7. The standard InChI is InChI=1S/C26H36FN3O4/c1-26(2,3)34-25(33)29-13-11-17(12-14-29)15-30-16-18(23-19(27)7-6-9-21(23)30)24(32)28-20-8-4-5-10-22(20)31/h6-7,9,16-17,20,22,31H,4-5,8,10-15H2,1-3H3,(H,28,32)/t20-,22-/m0/s1. The van der Waals surface area contributed by atoms with E-state index in [9.17, 15) is 19.1 Å². The second kappa shape index (κ2) is 9.94. The number of amides is 2. The van der Waals surface area contributed by atoms with E-state index in [1.165, 1.54) is 6.07 Å². The van der Waals surface area contributed by atoms with Gasteiger partial charge in [-0.25, -0.2) is 9.18 Å². The summed E-state index contributed by atoms with van der Waals surface area (Å²) in [5.74, 6) is -0.474. The van der Waals surface area contributed by atoms with Crippen molar-refractivity contribution in [3.63, 3.8) is 0 Å². The molecular weight excluding hydrogens is 437 g/mol. The Bertz CT molecular complexity index is 1040. The number of hydrogen-bond acceptors (Lipinski definition) is 4. The van der Waals surface area contributed by atoms with Crippen LogP contribution in [-0.4, -0.2) is 57.4 Å². The Balaban J connectivity index is 1.47. The minimum atomic E-state index is -0.564. The van der Waals surface area contributed by atoms with E-state index in [0.29, 0.717) is 48.4 Å². The molecule has 1 saturated carbocycles. The molecule has 1 aromatic carbocycles. The average molecular weight is 474 g/mol. The molecule has 1 saturated heterocycles. The van der Waals surface area contributed by atoms with Crippen LogP contribution in [0.4, 0.5) is 9.18 Å². The molecular formula is C26H36FN3O4. The van der Waals surface area contributed by atoms with Gasteiger partial charge in [-0.15, -0.1) is 0 Å². The molecule has 2 atom stereocenters. The molecule has 0 bridgehead atoms. The largest absolute Gasteiger partial charge is 0.444 e. The molecule has 7 nitrogen and oxygen atoms in total. The Kier molecular flexibility index (Phi) is 7.17. The number of ether oxygens (including phenoxy) is 1. The maximum absolute atomic E-state index is 14.8. The number of hydrogen-bond donors (Lipinski definition) is 2. The highest BCUT2D eigenvalue weighted by Gasteiger charge is 2.29. The molecule has 1 aliphatic carbocycles. The van der Waals surface area contributed by atoms with Crippen molar-refractivity contribution >= 4 is 22.9 Å². The van der Waals surface area contributed by atoms with Gasteiger partial charge in [-0.05, 0) is 64.5 Å². The van der Waals surface area contributed by atoms with E-state index in [4.69, 9.17) is 4.74 Å². The number of nitrogens with one attached hydrogen (secondary N) is 1. The van der Waals surface area contributed by atoms with Crippen LogP contribution in [0.3, 0.4) is 0 Å². The fraction of sp³-hybridized carbons (Fsp3) is 0.615.